The Labute approximate surface area is 175 Å². The number of anilines is 1. The summed E-state index contributed by atoms with van der Waals surface area (Å²) in [4.78, 5) is 32.2. The second-order valence-electron chi connectivity index (χ2n) is 6.95. The smallest absolute Gasteiger partial charge is 0.265 e. The summed E-state index contributed by atoms with van der Waals surface area (Å²) in [5.41, 5.74) is 2.78. The predicted octanol–water partition coefficient (Wildman–Crippen LogP) is 4.63. The molecule has 0 aliphatic carbocycles. The number of nitrogens with zero attached hydrogens (tertiary/aromatic N) is 2. The second-order valence-corrected chi connectivity index (χ2v) is 6.95. The van der Waals surface area contributed by atoms with Gasteiger partial charge in [0.05, 0.1) is 24.8 Å². The number of imide groups is 1. The van der Waals surface area contributed by atoms with Crippen molar-refractivity contribution in [1.82, 2.24) is 0 Å². The molecule has 4 rings (SSSR count). The van der Waals surface area contributed by atoms with Crippen LogP contribution in [0.25, 0.3) is 0 Å². The number of hydrogen-bond acceptors (Lipinski definition) is 4. The highest BCUT2D eigenvalue weighted by molar-refractivity contribution is 6.29. The maximum Gasteiger partial charge on any atom is 0.265 e. The van der Waals surface area contributed by atoms with E-state index in [9.17, 15) is 9.59 Å². The third-order valence-electron chi connectivity index (χ3n) is 4.99. The van der Waals surface area contributed by atoms with Crippen LogP contribution in [-0.2, 0) is 11.3 Å². The van der Waals surface area contributed by atoms with Crippen LogP contribution in [0, 0.1) is 0 Å². The highest BCUT2D eigenvalue weighted by Crippen LogP contribution is 2.32. The minimum absolute atomic E-state index is 0.306. The molecular formula is C25H22N2O3. The summed E-state index contributed by atoms with van der Waals surface area (Å²) in [6.07, 6.45) is 1.65. The topological polar surface area (TPSA) is 59.0 Å². The summed E-state index contributed by atoms with van der Waals surface area (Å²) >= 11 is 0. The molecule has 3 aromatic rings. The number of ether oxygens (including phenoxy) is 1. The predicted molar refractivity (Wildman–Crippen MR) is 117 cm³/mol. The van der Waals surface area contributed by atoms with Crippen LogP contribution < -0.4 is 9.64 Å². The van der Waals surface area contributed by atoms with Crippen molar-refractivity contribution in [3.8, 4) is 5.75 Å². The highest BCUT2D eigenvalue weighted by atomic mass is 16.5. The molecule has 0 saturated heterocycles. The van der Waals surface area contributed by atoms with E-state index in [0.29, 0.717) is 35.7 Å². The lowest BCUT2D eigenvalue weighted by atomic mass is 9.89. The number of aliphatic imine (C=N–C) groups is 1. The van der Waals surface area contributed by atoms with E-state index < -0.39 is 5.92 Å². The van der Waals surface area contributed by atoms with Crippen molar-refractivity contribution in [2.24, 2.45) is 4.99 Å². The molecule has 2 amide bonds. The van der Waals surface area contributed by atoms with E-state index in [4.69, 9.17) is 4.74 Å². The van der Waals surface area contributed by atoms with Crippen LogP contribution in [0.15, 0.2) is 83.9 Å². The van der Waals surface area contributed by atoms with Gasteiger partial charge in [-0.15, -0.1) is 0 Å². The average molecular weight is 398 g/mol. The molecule has 0 aromatic heterocycles. The first kappa shape index (κ1) is 19.6. The fourth-order valence-corrected chi connectivity index (χ4v) is 3.55. The zero-order chi connectivity index (χ0) is 20.9. The number of carbonyl (C=O) groups excluding carboxylic acids is 2. The van der Waals surface area contributed by atoms with Gasteiger partial charge in [-0.3, -0.25) is 14.6 Å². The summed E-state index contributed by atoms with van der Waals surface area (Å²) in [5.74, 6) is -0.555. The Morgan fingerprint density at radius 1 is 0.933 bits per heavy atom. The minimum Gasteiger partial charge on any atom is -0.494 e. The van der Waals surface area contributed by atoms with Gasteiger partial charge in [0, 0.05) is 11.8 Å². The van der Waals surface area contributed by atoms with Gasteiger partial charge in [-0.2, -0.15) is 0 Å². The largest absolute Gasteiger partial charge is 0.494 e. The summed E-state index contributed by atoms with van der Waals surface area (Å²) in [6, 6.07) is 24.0. The van der Waals surface area contributed by atoms with Crippen molar-refractivity contribution < 1.29 is 14.3 Å². The fourth-order valence-electron chi connectivity index (χ4n) is 3.55. The standard InChI is InChI=1S/C25H22N2O3/c1-2-30-20-14-12-19(13-15-20)27-24(28)22-11-7-6-10-21(22)23(25(27)29)17-26-16-18-8-4-3-5-9-18/h3-15,17,23H,2,16H2,1H3/t23-/m0/s1. The molecular weight excluding hydrogens is 376 g/mol. The Morgan fingerprint density at radius 2 is 1.63 bits per heavy atom. The summed E-state index contributed by atoms with van der Waals surface area (Å²) in [7, 11) is 0. The van der Waals surface area contributed by atoms with Gasteiger partial charge in [-0.1, -0.05) is 48.5 Å². The highest BCUT2D eigenvalue weighted by Gasteiger charge is 2.38. The molecule has 1 atom stereocenters. The molecule has 1 aliphatic heterocycles. The van der Waals surface area contributed by atoms with E-state index in [-0.39, 0.29) is 11.8 Å². The molecule has 3 aromatic carbocycles. The van der Waals surface area contributed by atoms with E-state index in [1.165, 1.54) is 4.90 Å². The minimum atomic E-state index is -0.616. The van der Waals surface area contributed by atoms with Crippen molar-refractivity contribution in [2.75, 3.05) is 11.5 Å². The van der Waals surface area contributed by atoms with Gasteiger partial charge >= 0.3 is 0 Å². The van der Waals surface area contributed by atoms with Crippen molar-refractivity contribution in [3.05, 3.63) is 95.6 Å². The quantitative estimate of drug-likeness (QED) is 0.449. The van der Waals surface area contributed by atoms with Crippen LogP contribution in [0.5, 0.6) is 5.75 Å². The molecule has 0 saturated carbocycles. The number of hydrogen-bond donors (Lipinski definition) is 0. The zero-order valence-corrected chi connectivity index (χ0v) is 16.7. The Bertz CT molecular complexity index is 1080. The average Bonchev–Trinajstić information content (AvgIpc) is 2.78. The van der Waals surface area contributed by atoms with Crippen molar-refractivity contribution in [3.63, 3.8) is 0 Å². The van der Waals surface area contributed by atoms with Gasteiger partial charge < -0.3 is 4.74 Å². The van der Waals surface area contributed by atoms with Gasteiger partial charge in [-0.25, -0.2) is 4.90 Å². The summed E-state index contributed by atoms with van der Waals surface area (Å²) in [6.45, 7) is 2.93. The molecule has 0 radical (unpaired) electrons. The molecule has 0 N–H and O–H groups in total. The molecule has 0 bridgehead atoms. The molecule has 150 valence electrons. The van der Waals surface area contributed by atoms with E-state index in [0.717, 1.165) is 5.56 Å². The number of rotatable bonds is 6. The first-order valence-corrected chi connectivity index (χ1v) is 9.93. The molecule has 0 spiro atoms. The third kappa shape index (κ3) is 3.87. The molecule has 1 heterocycles. The maximum atomic E-state index is 13.3. The molecule has 30 heavy (non-hydrogen) atoms. The van der Waals surface area contributed by atoms with Gasteiger partial charge in [0.15, 0.2) is 0 Å². The van der Waals surface area contributed by atoms with E-state index in [1.807, 2.05) is 49.4 Å². The maximum absolute atomic E-state index is 13.3. The summed E-state index contributed by atoms with van der Waals surface area (Å²) < 4.78 is 5.46. The molecule has 1 aliphatic rings. The number of carbonyl (C=O) groups is 2. The monoisotopic (exact) mass is 398 g/mol. The summed E-state index contributed by atoms with van der Waals surface area (Å²) in [5, 5.41) is 0. The molecule has 0 unspecified atom stereocenters. The molecule has 5 nitrogen and oxygen atoms in total. The molecule has 5 heteroatoms. The zero-order valence-electron chi connectivity index (χ0n) is 16.7. The van der Waals surface area contributed by atoms with E-state index >= 15 is 0 Å². The van der Waals surface area contributed by atoms with Gasteiger partial charge in [0.25, 0.3) is 5.91 Å². The first-order chi connectivity index (χ1) is 14.7. The van der Waals surface area contributed by atoms with Gasteiger partial charge in [0.2, 0.25) is 5.91 Å². The fraction of sp³-hybridized carbons (Fsp3) is 0.160. The van der Waals surface area contributed by atoms with Gasteiger partial charge in [-0.05, 0) is 48.4 Å². The SMILES string of the molecule is CCOc1ccc(N2C(=O)c3ccccc3[C@H](C=NCc3ccccc3)C2=O)cc1. The Balaban J connectivity index is 1.66. The lowest BCUT2D eigenvalue weighted by Gasteiger charge is -2.31. The van der Waals surface area contributed by atoms with Crippen molar-refractivity contribution in [2.45, 2.75) is 19.4 Å². The number of benzene rings is 3. The third-order valence-corrected chi connectivity index (χ3v) is 4.99. The second kappa shape index (κ2) is 8.74. The first-order valence-electron chi connectivity index (χ1n) is 9.93. The lowest BCUT2D eigenvalue weighted by Crippen LogP contribution is -2.45. The van der Waals surface area contributed by atoms with E-state index in [1.54, 1.807) is 42.6 Å². The Morgan fingerprint density at radius 3 is 2.37 bits per heavy atom. The van der Waals surface area contributed by atoms with Crippen LogP contribution in [0.2, 0.25) is 0 Å². The Hall–Kier alpha value is -3.73. The number of amides is 2. The van der Waals surface area contributed by atoms with Crippen molar-refractivity contribution >= 4 is 23.7 Å². The van der Waals surface area contributed by atoms with Crippen LogP contribution in [0.4, 0.5) is 5.69 Å². The van der Waals surface area contributed by atoms with Crippen LogP contribution in [0.3, 0.4) is 0 Å². The van der Waals surface area contributed by atoms with Crippen LogP contribution in [0.1, 0.15) is 34.3 Å². The van der Waals surface area contributed by atoms with Crippen LogP contribution >= 0.6 is 0 Å². The lowest BCUT2D eigenvalue weighted by molar-refractivity contribution is -0.118. The molecule has 0 fully saturated rings. The normalized spacial score (nSPS) is 16.0. The van der Waals surface area contributed by atoms with Crippen molar-refractivity contribution in [1.29, 1.82) is 0 Å². The van der Waals surface area contributed by atoms with Crippen LogP contribution in [-0.4, -0.2) is 24.6 Å². The van der Waals surface area contributed by atoms with Gasteiger partial charge in [0.1, 0.15) is 5.75 Å². The van der Waals surface area contributed by atoms with E-state index in [2.05, 4.69) is 4.99 Å². The Kier molecular flexibility index (Phi) is 5.70. The number of fused-ring (bicyclic) bond motifs is 1.